The molecule has 1 fully saturated rings. The van der Waals surface area contributed by atoms with Crippen LogP contribution in [0.3, 0.4) is 0 Å². The Hall–Kier alpha value is -0.560. The summed E-state index contributed by atoms with van der Waals surface area (Å²) >= 11 is 0. The molecule has 1 heteroatoms. The Bertz CT molecular complexity index is 230. The highest BCUT2D eigenvalue weighted by Crippen LogP contribution is 2.25. The molecule has 92 valence electrons. The largest absolute Gasteiger partial charge is 0.306 e. The molecule has 1 saturated heterocycles. The number of hydrogen-bond donors (Lipinski definition) is 0. The maximum atomic E-state index is 2.47. The topological polar surface area (TPSA) is 3.24 Å². The van der Waals surface area contributed by atoms with Crippen LogP contribution < -0.4 is 0 Å². The first-order chi connectivity index (χ1) is 7.74. The maximum Gasteiger partial charge on any atom is -0.00189 e. The Morgan fingerprint density at radius 3 is 2.81 bits per heavy atom. The average Bonchev–Trinajstić information content (AvgIpc) is 2.49. The minimum atomic E-state index is 0.730. The summed E-state index contributed by atoms with van der Waals surface area (Å²) in [6.45, 7) is 7.09. The lowest BCUT2D eigenvalue weighted by atomic mass is 9.87. The highest BCUT2D eigenvalue weighted by molar-refractivity contribution is 5.04. The summed E-state index contributed by atoms with van der Waals surface area (Å²) in [7, 11) is 2.24. The van der Waals surface area contributed by atoms with Crippen molar-refractivity contribution in [3.63, 3.8) is 0 Å². The molecular formula is C15H27N. The molecule has 2 atom stereocenters. The lowest BCUT2D eigenvalue weighted by Crippen LogP contribution is -2.19. The van der Waals surface area contributed by atoms with E-state index < -0.39 is 0 Å². The number of allylic oxidation sites excluding steroid dienone is 4. The highest BCUT2D eigenvalue weighted by Gasteiger charge is 2.18. The van der Waals surface area contributed by atoms with Gasteiger partial charge in [-0.25, -0.2) is 0 Å². The van der Waals surface area contributed by atoms with Gasteiger partial charge in [0.05, 0.1) is 0 Å². The molecule has 2 unspecified atom stereocenters. The molecule has 0 saturated carbocycles. The molecule has 0 N–H and O–H groups in total. The van der Waals surface area contributed by atoms with Crippen molar-refractivity contribution < 1.29 is 0 Å². The smallest absolute Gasteiger partial charge is 0.00189 e. The zero-order valence-corrected chi connectivity index (χ0v) is 11.2. The molecule has 0 radical (unpaired) electrons. The predicted octanol–water partition coefficient (Wildman–Crippen LogP) is 3.88. The van der Waals surface area contributed by atoms with Crippen LogP contribution in [-0.4, -0.2) is 25.0 Å². The Morgan fingerprint density at radius 2 is 2.06 bits per heavy atom. The first-order valence-electron chi connectivity index (χ1n) is 6.76. The van der Waals surface area contributed by atoms with E-state index in [-0.39, 0.29) is 0 Å². The van der Waals surface area contributed by atoms with Crippen molar-refractivity contribution in [2.45, 2.75) is 39.5 Å². The predicted molar refractivity (Wildman–Crippen MR) is 72.6 cm³/mol. The summed E-state index contributed by atoms with van der Waals surface area (Å²) < 4.78 is 0. The Labute approximate surface area is 101 Å². The average molecular weight is 221 g/mol. The van der Waals surface area contributed by atoms with E-state index in [1.165, 1.54) is 32.4 Å². The molecule has 0 aromatic heterocycles. The van der Waals surface area contributed by atoms with Gasteiger partial charge >= 0.3 is 0 Å². The molecule has 0 bridgehead atoms. The highest BCUT2D eigenvalue weighted by atomic mass is 15.1. The number of hydrogen-bond acceptors (Lipinski definition) is 1. The minimum Gasteiger partial charge on any atom is -0.306 e. The van der Waals surface area contributed by atoms with Gasteiger partial charge in [-0.1, -0.05) is 38.2 Å². The van der Waals surface area contributed by atoms with Gasteiger partial charge in [-0.05, 0) is 57.7 Å². The normalized spacial score (nSPS) is 26.3. The molecule has 0 amide bonds. The van der Waals surface area contributed by atoms with Crippen molar-refractivity contribution in [3.05, 3.63) is 24.3 Å². The van der Waals surface area contributed by atoms with E-state index in [0.29, 0.717) is 0 Å². The fourth-order valence-corrected chi connectivity index (χ4v) is 2.40. The number of likely N-dealkylation sites (tertiary alicyclic amines) is 1. The zero-order chi connectivity index (χ0) is 11.8. The van der Waals surface area contributed by atoms with E-state index in [0.717, 1.165) is 18.3 Å². The third kappa shape index (κ3) is 4.98. The van der Waals surface area contributed by atoms with Crippen LogP contribution in [-0.2, 0) is 0 Å². The summed E-state index contributed by atoms with van der Waals surface area (Å²) in [5.41, 5.74) is 0. The van der Waals surface area contributed by atoms with Crippen molar-refractivity contribution in [3.8, 4) is 0 Å². The second-order valence-corrected chi connectivity index (χ2v) is 5.07. The van der Waals surface area contributed by atoms with Gasteiger partial charge < -0.3 is 4.90 Å². The van der Waals surface area contributed by atoms with E-state index in [1.807, 2.05) is 0 Å². The summed E-state index contributed by atoms with van der Waals surface area (Å²) in [6.07, 6.45) is 14.2. The van der Waals surface area contributed by atoms with Crippen LogP contribution in [0.15, 0.2) is 24.3 Å². The molecular weight excluding hydrogens is 194 g/mol. The first-order valence-corrected chi connectivity index (χ1v) is 6.76. The monoisotopic (exact) mass is 221 g/mol. The van der Waals surface area contributed by atoms with Crippen LogP contribution in [0.2, 0.25) is 0 Å². The lowest BCUT2D eigenvalue weighted by Gasteiger charge is -2.19. The van der Waals surface area contributed by atoms with Crippen LogP contribution in [0.25, 0.3) is 0 Å². The summed E-state index contributed by atoms with van der Waals surface area (Å²) in [6, 6.07) is 0. The molecule has 1 rings (SSSR count). The van der Waals surface area contributed by atoms with Crippen molar-refractivity contribution in [1.29, 1.82) is 0 Å². The quantitative estimate of drug-likeness (QED) is 0.651. The Balaban J connectivity index is 2.37. The van der Waals surface area contributed by atoms with Gasteiger partial charge in [-0.2, -0.15) is 0 Å². The van der Waals surface area contributed by atoms with Gasteiger partial charge in [0.25, 0.3) is 0 Å². The van der Waals surface area contributed by atoms with Crippen molar-refractivity contribution in [2.24, 2.45) is 11.8 Å². The molecule has 1 heterocycles. The van der Waals surface area contributed by atoms with E-state index >= 15 is 0 Å². The second kappa shape index (κ2) is 7.67. The molecule has 0 aromatic carbocycles. The summed E-state index contributed by atoms with van der Waals surface area (Å²) in [5.74, 6) is 1.62. The van der Waals surface area contributed by atoms with Crippen LogP contribution in [0.4, 0.5) is 0 Å². The molecule has 0 aliphatic carbocycles. The number of rotatable bonds is 4. The van der Waals surface area contributed by atoms with Crippen molar-refractivity contribution >= 4 is 0 Å². The van der Waals surface area contributed by atoms with Gasteiger partial charge in [0.1, 0.15) is 0 Å². The van der Waals surface area contributed by atoms with Gasteiger partial charge in [-0.15, -0.1) is 0 Å². The van der Waals surface area contributed by atoms with Crippen LogP contribution >= 0.6 is 0 Å². The van der Waals surface area contributed by atoms with Gasteiger partial charge in [-0.3, -0.25) is 0 Å². The van der Waals surface area contributed by atoms with E-state index in [1.54, 1.807) is 0 Å². The standard InChI is InChI=1S/C15H27N/c1-4-5-6-7-9-14(2)15-10-8-12-16(3)13-11-15/h5-7,9,14-15H,4,8,10-13H2,1-3H3/b6-5-,9-7-. The van der Waals surface area contributed by atoms with Gasteiger partial charge in [0, 0.05) is 0 Å². The third-order valence-corrected chi connectivity index (χ3v) is 3.64. The lowest BCUT2D eigenvalue weighted by molar-refractivity contribution is 0.328. The minimum absolute atomic E-state index is 0.730. The summed E-state index contributed by atoms with van der Waals surface area (Å²) in [4.78, 5) is 2.47. The second-order valence-electron chi connectivity index (χ2n) is 5.07. The van der Waals surface area contributed by atoms with E-state index in [2.05, 4.69) is 50.1 Å². The SMILES string of the molecule is CC/C=C\C=C/C(C)C1CCCN(C)CC1. The van der Waals surface area contributed by atoms with Crippen LogP contribution in [0, 0.1) is 11.8 Å². The van der Waals surface area contributed by atoms with Gasteiger partial charge in [0.15, 0.2) is 0 Å². The zero-order valence-electron chi connectivity index (χ0n) is 11.2. The molecule has 1 nitrogen and oxygen atoms in total. The molecule has 0 aromatic rings. The Morgan fingerprint density at radius 1 is 1.25 bits per heavy atom. The van der Waals surface area contributed by atoms with E-state index in [9.17, 15) is 0 Å². The third-order valence-electron chi connectivity index (χ3n) is 3.64. The van der Waals surface area contributed by atoms with Crippen LogP contribution in [0.1, 0.15) is 39.5 Å². The van der Waals surface area contributed by atoms with Crippen LogP contribution in [0.5, 0.6) is 0 Å². The molecule has 1 aliphatic heterocycles. The first kappa shape index (κ1) is 13.5. The van der Waals surface area contributed by atoms with E-state index in [4.69, 9.17) is 0 Å². The Kier molecular flexibility index (Phi) is 6.47. The molecule has 0 spiro atoms. The number of nitrogens with zero attached hydrogens (tertiary/aromatic N) is 1. The molecule has 1 aliphatic rings. The fourth-order valence-electron chi connectivity index (χ4n) is 2.40. The maximum absolute atomic E-state index is 2.47. The molecule has 16 heavy (non-hydrogen) atoms. The van der Waals surface area contributed by atoms with Gasteiger partial charge in [0.2, 0.25) is 0 Å². The summed E-state index contributed by atoms with van der Waals surface area (Å²) in [5, 5.41) is 0. The van der Waals surface area contributed by atoms with Crippen molar-refractivity contribution in [2.75, 3.05) is 20.1 Å². The fraction of sp³-hybridized carbons (Fsp3) is 0.733. The van der Waals surface area contributed by atoms with Crippen molar-refractivity contribution in [1.82, 2.24) is 4.90 Å².